The van der Waals surface area contributed by atoms with Crippen LogP contribution in [0.1, 0.15) is 26.2 Å². The molecule has 1 fully saturated rings. The number of hydrogen-bond acceptors (Lipinski definition) is 3. The Hall–Kier alpha value is -1.10. The summed E-state index contributed by atoms with van der Waals surface area (Å²) < 4.78 is 0. The van der Waals surface area contributed by atoms with Crippen LogP contribution in [0, 0.1) is 5.92 Å². The zero-order valence-electron chi connectivity index (χ0n) is 8.06. The zero-order chi connectivity index (χ0) is 10.7. The van der Waals surface area contributed by atoms with Gasteiger partial charge in [-0.1, -0.05) is 13.3 Å². The molecular weight excluding hydrogens is 186 g/mol. The van der Waals surface area contributed by atoms with Crippen molar-refractivity contribution in [3.8, 4) is 0 Å². The van der Waals surface area contributed by atoms with Crippen molar-refractivity contribution < 1.29 is 19.8 Å². The molecule has 3 N–H and O–H groups in total. The summed E-state index contributed by atoms with van der Waals surface area (Å²) in [5.74, 6) is -2.14. The molecule has 0 aromatic heterocycles. The lowest BCUT2D eigenvalue weighted by molar-refractivity contribution is -0.148. The molecule has 0 aromatic carbocycles. The van der Waals surface area contributed by atoms with Gasteiger partial charge in [0.05, 0.1) is 6.42 Å². The second-order valence-corrected chi connectivity index (χ2v) is 3.64. The van der Waals surface area contributed by atoms with Crippen LogP contribution in [0.25, 0.3) is 0 Å². The van der Waals surface area contributed by atoms with Crippen LogP contribution in [0.4, 0.5) is 0 Å². The summed E-state index contributed by atoms with van der Waals surface area (Å²) in [6.07, 6.45) is 1.70. The van der Waals surface area contributed by atoms with Gasteiger partial charge in [-0.3, -0.25) is 9.59 Å². The summed E-state index contributed by atoms with van der Waals surface area (Å²) in [5, 5.41) is 20.2. The SMILES string of the molecule is CCC[C@@H]1N[C@@H](C(=O)O)[C@H]1CC(=O)O. The highest BCUT2D eigenvalue weighted by molar-refractivity contribution is 5.77. The van der Waals surface area contributed by atoms with Crippen molar-refractivity contribution in [3.05, 3.63) is 0 Å². The maximum absolute atomic E-state index is 10.7. The highest BCUT2D eigenvalue weighted by atomic mass is 16.4. The van der Waals surface area contributed by atoms with Gasteiger partial charge in [0, 0.05) is 12.0 Å². The first kappa shape index (κ1) is 11.0. The summed E-state index contributed by atoms with van der Waals surface area (Å²) in [6, 6.07) is -0.625. The van der Waals surface area contributed by atoms with Crippen LogP contribution in [-0.2, 0) is 9.59 Å². The van der Waals surface area contributed by atoms with E-state index in [1.54, 1.807) is 0 Å². The van der Waals surface area contributed by atoms with Crippen molar-refractivity contribution in [2.45, 2.75) is 38.3 Å². The first-order chi connectivity index (χ1) is 6.56. The summed E-state index contributed by atoms with van der Waals surface area (Å²) in [5.41, 5.74) is 0. The van der Waals surface area contributed by atoms with E-state index >= 15 is 0 Å². The van der Waals surface area contributed by atoms with E-state index in [2.05, 4.69) is 5.32 Å². The van der Waals surface area contributed by atoms with Crippen LogP contribution in [-0.4, -0.2) is 34.2 Å². The molecule has 0 spiro atoms. The van der Waals surface area contributed by atoms with Gasteiger partial charge in [0.2, 0.25) is 0 Å². The van der Waals surface area contributed by atoms with Crippen LogP contribution in [0.15, 0.2) is 0 Å². The highest BCUT2D eigenvalue weighted by Crippen LogP contribution is 2.27. The number of carboxylic acid groups (broad SMARTS) is 2. The van der Waals surface area contributed by atoms with Gasteiger partial charge in [0.1, 0.15) is 6.04 Å². The zero-order valence-corrected chi connectivity index (χ0v) is 8.06. The van der Waals surface area contributed by atoms with Crippen LogP contribution >= 0.6 is 0 Å². The van der Waals surface area contributed by atoms with Gasteiger partial charge in [0.15, 0.2) is 0 Å². The summed E-state index contributed by atoms with van der Waals surface area (Å²) >= 11 is 0. The molecule has 1 rings (SSSR count). The molecule has 0 aliphatic carbocycles. The van der Waals surface area contributed by atoms with Crippen molar-refractivity contribution in [1.29, 1.82) is 0 Å². The minimum atomic E-state index is -0.955. The van der Waals surface area contributed by atoms with Gasteiger partial charge < -0.3 is 15.5 Å². The minimum absolute atomic E-state index is 0.0530. The molecule has 0 unspecified atom stereocenters. The quantitative estimate of drug-likeness (QED) is 0.595. The summed E-state index contributed by atoms with van der Waals surface area (Å²) in [4.78, 5) is 21.2. The van der Waals surface area contributed by atoms with Gasteiger partial charge in [0.25, 0.3) is 0 Å². The standard InChI is InChI=1S/C9H15NO4/c1-2-3-6-5(4-7(11)12)8(10-6)9(13)14/h5-6,8,10H,2-4H2,1H3,(H,11,12)(H,13,14)/t5-,6-,8+/m0/s1. The molecule has 0 amide bonds. The smallest absolute Gasteiger partial charge is 0.321 e. The second kappa shape index (κ2) is 4.41. The van der Waals surface area contributed by atoms with Crippen molar-refractivity contribution in [2.24, 2.45) is 5.92 Å². The third kappa shape index (κ3) is 2.23. The average Bonchev–Trinajstić information content (AvgIpc) is 2.07. The molecule has 0 saturated carbocycles. The molecule has 1 saturated heterocycles. The fourth-order valence-corrected chi connectivity index (χ4v) is 1.92. The average molecular weight is 201 g/mol. The lowest BCUT2D eigenvalue weighted by Gasteiger charge is -2.43. The third-order valence-corrected chi connectivity index (χ3v) is 2.61. The molecule has 3 atom stereocenters. The van der Waals surface area contributed by atoms with Crippen LogP contribution in [0.3, 0.4) is 0 Å². The maximum atomic E-state index is 10.7. The van der Waals surface area contributed by atoms with Crippen LogP contribution < -0.4 is 5.32 Å². The Bertz CT molecular complexity index is 241. The van der Waals surface area contributed by atoms with E-state index in [4.69, 9.17) is 10.2 Å². The predicted octanol–water partition coefficient (Wildman–Crippen LogP) is 0.302. The van der Waals surface area contributed by atoms with Crippen LogP contribution in [0.5, 0.6) is 0 Å². The molecule has 0 radical (unpaired) electrons. The van der Waals surface area contributed by atoms with E-state index in [1.165, 1.54) is 0 Å². The van der Waals surface area contributed by atoms with Crippen molar-refractivity contribution in [3.63, 3.8) is 0 Å². The normalized spacial score (nSPS) is 30.8. The lowest BCUT2D eigenvalue weighted by atomic mass is 9.78. The minimum Gasteiger partial charge on any atom is -0.481 e. The number of hydrogen-bond donors (Lipinski definition) is 3. The van der Waals surface area contributed by atoms with Gasteiger partial charge in [-0.05, 0) is 6.42 Å². The maximum Gasteiger partial charge on any atom is 0.321 e. The molecule has 80 valence electrons. The Morgan fingerprint density at radius 2 is 2.00 bits per heavy atom. The van der Waals surface area contributed by atoms with Crippen molar-refractivity contribution in [1.82, 2.24) is 5.32 Å². The fraction of sp³-hybridized carbons (Fsp3) is 0.778. The Morgan fingerprint density at radius 1 is 1.36 bits per heavy atom. The number of carbonyl (C=O) groups is 2. The first-order valence-electron chi connectivity index (χ1n) is 4.77. The summed E-state index contributed by atoms with van der Waals surface area (Å²) in [6.45, 7) is 1.99. The Morgan fingerprint density at radius 3 is 2.43 bits per heavy atom. The van der Waals surface area contributed by atoms with E-state index < -0.39 is 18.0 Å². The van der Waals surface area contributed by atoms with Gasteiger partial charge in [-0.25, -0.2) is 0 Å². The van der Waals surface area contributed by atoms with Gasteiger partial charge in [-0.2, -0.15) is 0 Å². The Kier molecular flexibility index (Phi) is 3.46. The first-order valence-corrected chi connectivity index (χ1v) is 4.77. The van der Waals surface area contributed by atoms with E-state index in [9.17, 15) is 9.59 Å². The molecule has 0 aromatic rings. The number of carboxylic acids is 2. The van der Waals surface area contributed by atoms with E-state index in [1.807, 2.05) is 6.92 Å². The van der Waals surface area contributed by atoms with E-state index in [-0.39, 0.29) is 18.4 Å². The molecule has 1 heterocycles. The van der Waals surface area contributed by atoms with Gasteiger partial charge >= 0.3 is 11.9 Å². The molecule has 1 aliphatic heterocycles. The molecule has 0 bridgehead atoms. The molecule has 5 heteroatoms. The van der Waals surface area contributed by atoms with E-state index in [0.717, 1.165) is 12.8 Å². The Balaban J connectivity index is 2.52. The van der Waals surface area contributed by atoms with Crippen LogP contribution in [0.2, 0.25) is 0 Å². The number of aliphatic carboxylic acids is 2. The number of nitrogens with one attached hydrogen (secondary N) is 1. The largest absolute Gasteiger partial charge is 0.481 e. The lowest BCUT2D eigenvalue weighted by Crippen LogP contribution is -2.65. The van der Waals surface area contributed by atoms with E-state index in [0.29, 0.717) is 0 Å². The molecule has 14 heavy (non-hydrogen) atoms. The molecule has 1 aliphatic rings. The molecular formula is C9H15NO4. The van der Waals surface area contributed by atoms with Crippen molar-refractivity contribution in [2.75, 3.05) is 0 Å². The summed E-state index contributed by atoms with van der Waals surface area (Å²) in [7, 11) is 0. The number of rotatable bonds is 5. The topological polar surface area (TPSA) is 86.6 Å². The third-order valence-electron chi connectivity index (χ3n) is 2.61. The predicted molar refractivity (Wildman–Crippen MR) is 49.0 cm³/mol. The fourth-order valence-electron chi connectivity index (χ4n) is 1.92. The monoisotopic (exact) mass is 201 g/mol. The van der Waals surface area contributed by atoms with Gasteiger partial charge in [-0.15, -0.1) is 0 Å². The Labute approximate surface area is 82.1 Å². The molecule has 5 nitrogen and oxygen atoms in total. The highest BCUT2D eigenvalue weighted by Gasteiger charge is 2.44. The van der Waals surface area contributed by atoms with Crippen molar-refractivity contribution >= 4 is 11.9 Å². The second-order valence-electron chi connectivity index (χ2n) is 3.64.